The van der Waals surface area contributed by atoms with Gasteiger partial charge in [0.15, 0.2) is 0 Å². The molecule has 0 amide bonds. The van der Waals surface area contributed by atoms with E-state index in [1.807, 2.05) is 6.92 Å². The minimum atomic E-state index is -0.714. The molecule has 4 nitrogen and oxygen atoms in total. The Morgan fingerprint density at radius 2 is 2.36 bits per heavy atom. The van der Waals surface area contributed by atoms with Crippen LogP contribution in [0.3, 0.4) is 0 Å². The van der Waals surface area contributed by atoms with E-state index in [1.165, 1.54) is 0 Å². The lowest BCUT2D eigenvalue weighted by Gasteiger charge is -2.22. The van der Waals surface area contributed by atoms with Gasteiger partial charge in [-0.05, 0) is 31.7 Å². The number of hydrogen-bond donors (Lipinski definition) is 1. The van der Waals surface area contributed by atoms with Gasteiger partial charge in [-0.1, -0.05) is 0 Å². The molecule has 1 aliphatic carbocycles. The van der Waals surface area contributed by atoms with Gasteiger partial charge in [0.1, 0.15) is 5.69 Å². The lowest BCUT2D eigenvalue weighted by molar-refractivity contribution is 0.0873. The first-order chi connectivity index (χ1) is 6.53. The zero-order valence-electron chi connectivity index (χ0n) is 8.53. The number of nitrogens with two attached hydrogens (primary N) is 1. The topological polar surface area (TPSA) is 60.9 Å². The second-order valence-electron chi connectivity index (χ2n) is 4.23. The standard InChI is InChI=1S/C10H15N3O/c1-10(11,7-3-4-7)9(14)8-5-6-12-13(8)2/h5-7H,3-4,11H2,1-2H3. The van der Waals surface area contributed by atoms with E-state index in [1.54, 1.807) is 24.0 Å². The molecule has 4 heteroatoms. The number of nitrogens with zero attached hydrogens (tertiary/aromatic N) is 2. The predicted molar refractivity (Wildman–Crippen MR) is 52.9 cm³/mol. The Balaban J connectivity index is 2.27. The smallest absolute Gasteiger partial charge is 0.200 e. The van der Waals surface area contributed by atoms with Crippen molar-refractivity contribution in [2.45, 2.75) is 25.3 Å². The summed E-state index contributed by atoms with van der Waals surface area (Å²) in [7, 11) is 1.76. The van der Waals surface area contributed by atoms with Crippen molar-refractivity contribution < 1.29 is 4.79 Å². The summed E-state index contributed by atoms with van der Waals surface area (Å²) in [5, 5.41) is 3.97. The van der Waals surface area contributed by atoms with Crippen LogP contribution in [0.25, 0.3) is 0 Å². The van der Waals surface area contributed by atoms with Gasteiger partial charge in [0.25, 0.3) is 0 Å². The molecule has 14 heavy (non-hydrogen) atoms. The number of ketones is 1. The first-order valence-electron chi connectivity index (χ1n) is 4.85. The van der Waals surface area contributed by atoms with Crippen LogP contribution in [0.2, 0.25) is 0 Å². The average Bonchev–Trinajstić information content (AvgIpc) is 2.89. The maximum absolute atomic E-state index is 12.0. The van der Waals surface area contributed by atoms with Crippen LogP contribution in [0.5, 0.6) is 0 Å². The van der Waals surface area contributed by atoms with Crippen LogP contribution in [0.1, 0.15) is 30.3 Å². The van der Waals surface area contributed by atoms with Crippen LogP contribution >= 0.6 is 0 Å². The van der Waals surface area contributed by atoms with E-state index in [4.69, 9.17) is 5.73 Å². The lowest BCUT2D eigenvalue weighted by Crippen LogP contribution is -2.47. The maximum Gasteiger partial charge on any atom is 0.200 e. The van der Waals surface area contributed by atoms with Crippen molar-refractivity contribution in [3.05, 3.63) is 18.0 Å². The minimum Gasteiger partial charge on any atom is -0.319 e. The third-order valence-corrected chi connectivity index (χ3v) is 2.97. The second-order valence-corrected chi connectivity index (χ2v) is 4.23. The highest BCUT2D eigenvalue weighted by Gasteiger charge is 2.44. The zero-order valence-corrected chi connectivity index (χ0v) is 8.53. The van der Waals surface area contributed by atoms with Crippen LogP contribution in [-0.4, -0.2) is 21.1 Å². The van der Waals surface area contributed by atoms with Crippen molar-refractivity contribution in [3.8, 4) is 0 Å². The molecule has 0 spiro atoms. The molecule has 2 N–H and O–H groups in total. The van der Waals surface area contributed by atoms with E-state index in [0.717, 1.165) is 12.8 Å². The van der Waals surface area contributed by atoms with Crippen LogP contribution in [-0.2, 0) is 7.05 Å². The lowest BCUT2D eigenvalue weighted by atomic mass is 9.90. The molecular weight excluding hydrogens is 178 g/mol. The van der Waals surface area contributed by atoms with Gasteiger partial charge < -0.3 is 5.73 Å². The number of hydrogen-bond acceptors (Lipinski definition) is 3. The van der Waals surface area contributed by atoms with Gasteiger partial charge in [0, 0.05) is 13.2 Å². The van der Waals surface area contributed by atoms with Crippen molar-refractivity contribution in [2.75, 3.05) is 0 Å². The molecule has 1 aromatic rings. The molecule has 1 atom stereocenters. The fourth-order valence-corrected chi connectivity index (χ4v) is 1.74. The summed E-state index contributed by atoms with van der Waals surface area (Å²) >= 11 is 0. The molecule has 0 saturated heterocycles. The van der Waals surface area contributed by atoms with Crippen molar-refractivity contribution in [1.82, 2.24) is 9.78 Å². The van der Waals surface area contributed by atoms with Gasteiger partial charge in [0.05, 0.1) is 5.54 Å². The van der Waals surface area contributed by atoms with Crippen LogP contribution < -0.4 is 5.73 Å². The Hall–Kier alpha value is -1.16. The molecule has 0 bridgehead atoms. The van der Waals surface area contributed by atoms with Crippen molar-refractivity contribution in [1.29, 1.82) is 0 Å². The Kier molecular flexibility index (Phi) is 1.96. The molecule has 1 fully saturated rings. The molecule has 2 rings (SSSR count). The van der Waals surface area contributed by atoms with Gasteiger partial charge in [-0.3, -0.25) is 9.48 Å². The van der Waals surface area contributed by atoms with Gasteiger partial charge in [-0.15, -0.1) is 0 Å². The molecular formula is C10H15N3O. The molecule has 0 aliphatic heterocycles. The maximum atomic E-state index is 12.0. The molecule has 76 valence electrons. The van der Waals surface area contributed by atoms with Crippen molar-refractivity contribution >= 4 is 5.78 Å². The first kappa shape index (κ1) is 9.40. The summed E-state index contributed by atoms with van der Waals surface area (Å²) < 4.78 is 1.58. The molecule has 1 aromatic heterocycles. The summed E-state index contributed by atoms with van der Waals surface area (Å²) in [4.78, 5) is 12.0. The largest absolute Gasteiger partial charge is 0.319 e. The zero-order chi connectivity index (χ0) is 10.3. The highest BCUT2D eigenvalue weighted by molar-refractivity contribution is 6.01. The average molecular weight is 193 g/mol. The van der Waals surface area contributed by atoms with E-state index < -0.39 is 5.54 Å². The van der Waals surface area contributed by atoms with Crippen molar-refractivity contribution in [2.24, 2.45) is 18.7 Å². The van der Waals surface area contributed by atoms with E-state index >= 15 is 0 Å². The third kappa shape index (κ3) is 1.35. The first-order valence-corrected chi connectivity index (χ1v) is 4.85. The Bertz CT molecular complexity index is 363. The molecule has 1 saturated carbocycles. The summed E-state index contributed by atoms with van der Waals surface area (Å²) in [6.07, 6.45) is 3.75. The summed E-state index contributed by atoms with van der Waals surface area (Å²) in [5.41, 5.74) is 5.92. The number of Topliss-reactive ketones (excluding diaryl/α,β-unsaturated/α-hetero) is 1. The predicted octanol–water partition coefficient (Wildman–Crippen LogP) is 0.730. The van der Waals surface area contributed by atoms with E-state index in [2.05, 4.69) is 5.10 Å². The fourth-order valence-electron chi connectivity index (χ4n) is 1.74. The highest BCUT2D eigenvalue weighted by atomic mass is 16.1. The Morgan fingerprint density at radius 3 is 2.79 bits per heavy atom. The van der Waals surface area contributed by atoms with Gasteiger partial charge >= 0.3 is 0 Å². The van der Waals surface area contributed by atoms with E-state index in [0.29, 0.717) is 11.6 Å². The Morgan fingerprint density at radius 1 is 1.71 bits per heavy atom. The van der Waals surface area contributed by atoms with Gasteiger partial charge in [-0.25, -0.2) is 0 Å². The monoisotopic (exact) mass is 193 g/mol. The number of aromatic nitrogens is 2. The quantitative estimate of drug-likeness (QED) is 0.720. The summed E-state index contributed by atoms with van der Waals surface area (Å²) in [5.74, 6) is 0.352. The SMILES string of the molecule is Cn1nccc1C(=O)C(C)(N)C1CC1. The van der Waals surface area contributed by atoms with E-state index in [-0.39, 0.29) is 5.78 Å². The summed E-state index contributed by atoms with van der Waals surface area (Å²) in [6, 6.07) is 1.72. The number of rotatable bonds is 3. The molecule has 1 aliphatic rings. The molecule has 1 heterocycles. The van der Waals surface area contributed by atoms with Gasteiger partial charge in [-0.2, -0.15) is 5.10 Å². The van der Waals surface area contributed by atoms with Crippen LogP contribution in [0.4, 0.5) is 0 Å². The molecule has 0 radical (unpaired) electrons. The molecule has 0 aromatic carbocycles. The summed E-state index contributed by atoms with van der Waals surface area (Å²) in [6.45, 7) is 1.82. The number of aryl methyl sites for hydroxylation is 1. The molecule has 1 unspecified atom stereocenters. The normalized spacial score (nSPS) is 20.5. The minimum absolute atomic E-state index is 0.000000000000000222. The number of carbonyl (C=O) groups is 1. The van der Waals surface area contributed by atoms with Crippen molar-refractivity contribution in [3.63, 3.8) is 0 Å². The van der Waals surface area contributed by atoms with Crippen LogP contribution in [0, 0.1) is 5.92 Å². The van der Waals surface area contributed by atoms with Gasteiger partial charge in [0.2, 0.25) is 5.78 Å². The fraction of sp³-hybridized carbons (Fsp3) is 0.600. The number of carbonyl (C=O) groups excluding carboxylic acids is 1. The van der Waals surface area contributed by atoms with Crippen LogP contribution in [0.15, 0.2) is 12.3 Å². The second kappa shape index (κ2) is 2.92. The Labute approximate surface area is 83.1 Å². The van der Waals surface area contributed by atoms with E-state index in [9.17, 15) is 4.79 Å². The highest BCUT2D eigenvalue weighted by Crippen LogP contribution is 2.39. The third-order valence-electron chi connectivity index (χ3n) is 2.97.